The molecule has 152 valence electrons. The standard InChI is InChI=1S/C20H26N2O4S2/c1-20(2,3)14-5-10-17-13(11-14)12-18(27-17)19(23)21-22-28(24,25)16-8-6-15(26-4)7-9-16/h6-9,12,14,22H,5,10-11H2,1-4H3,(H,21,23)/t14-/m1/s1. The van der Waals surface area contributed by atoms with E-state index in [1.54, 1.807) is 12.1 Å². The fourth-order valence-electron chi connectivity index (χ4n) is 3.36. The third-order valence-corrected chi connectivity index (χ3v) is 7.70. The fraction of sp³-hybridized carbons (Fsp3) is 0.450. The van der Waals surface area contributed by atoms with Crippen LogP contribution in [-0.2, 0) is 22.9 Å². The number of aryl methyl sites for hydroxylation is 1. The second-order valence-electron chi connectivity index (χ2n) is 8.10. The van der Waals surface area contributed by atoms with E-state index in [1.165, 1.54) is 41.0 Å². The van der Waals surface area contributed by atoms with E-state index >= 15 is 0 Å². The van der Waals surface area contributed by atoms with Gasteiger partial charge >= 0.3 is 0 Å². The predicted molar refractivity (Wildman–Crippen MR) is 110 cm³/mol. The van der Waals surface area contributed by atoms with Gasteiger partial charge in [0.25, 0.3) is 15.9 Å². The summed E-state index contributed by atoms with van der Waals surface area (Å²) in [7, 11) is -2.35. The van der Waals surface area contributed by atoms with E-state index in [1.807, 2.05) is 6.07 Å². The first-order valence-corrected chi connectivity index (χ1v) is 11.5. The first-order chi connectivity index (χ1) is 13.1. The molecule has 0 unspecified atom stereocenters. The third-order valence-electron chi connectivity index (χ3n) is 5.20. The average Bonchev–Trinajstić information content (AvgIpc) is 3.09. The number of carbonyl (C=O) groups excluding carboxylic acids is 1. The molecule has 6 nitrogen and oxygen atoms in total. The number of thiophene rings is 1. The van der Waals surface area contributed by atoms with Gasteiger partial charge in [-0.1, -0.05) is 20.8 Å². The summed E-state index contributed by atoms with van der Waals surface area (Å²) in [4.78, 5) is 16.4. The molecule has 0 bridgehead atoms. The molecule has 1 aliphatic rings. The lowest BCUT2D eigenvalue weighted by atomic mass is 9.72. The maximum Gasteiger partial charge on any atom is 0.276 e. The minimum Gasteiger partial charge on any atom is -0.497 e. The average molecular weight is 423 g/mol. The van der Waals surface area contributed by atoms with E-state index in [0.717, 1.165) is 19.3 Å². The molecule has 0 radical (unpaired) electrons. The van der Waals surface area contributed by atoms with E-state index < -0.39 is 15.9 Å². The molecule has 1 aromatic carbocycles. The number of hydrogen-bond acceptors (Lipinski definition) is 5. The molecule has 1 atom stereocenters. The number of fused-ring (bicyclic) bond motifs is 1. The van der Waals surface area contributed by atoms with Crippen molar-refractivity contribution in [3.63, 3.8) is 0 Å². The lowest BCUT2D eigenvalue weighted by molar-refractivity contribution is 0.0949. The molecule has 2 aromatic rings. The van der Waals surface area contributed by atoms with Gasteiger partial charge in [0.2, 0.25) is 0 Å². The molecule has 0 spiro atoms. The number of amides is 1. The lowest BCUT2D eigenvalue weighted by Crippen LogP contribution is -2.41. The highest BCUT2D eigenvalue weighted by molar-refractivity contribution is 7.89. The van der Waals surface area contributed by atoms with Crippen molar-refractivity contribution in [1.82, 2.24) is 10.3 Å². The molecular weight excluding hydrogens is 396 g/mol. The van der Waals surface area contributed by atoms with Crippen LogP contribution in [-0.4, -0.2) is 21.4 Å². The maximum atomic E-state index is 12.5. The van der Waals surface area contributed by atoms with Crippen LogP contribution in [0.4, 0.5) is 0 Å². The fourth-order valence-corrected chi connectivity index (χ4v) is 5.31. The van der Waals surface area contributed by atoms with E-state index in [4.69, 9.17) is 4.74 Å². The highest BCUT2D eigenvalue weighted by Crippen LogP contribution is 2.40. The van der Waals surface area contributed by atoms with Crippen molar-refractivity contribution in [3.8, 4) is 5.75 Å². The quantitative estimate of drug-likeness (QED) is 0.722. The van der Waals surface area contributed by atoms with Crippen LogP contribution in [0, 0.1) is 11.3 Å². The van der Waals surface area contributed by atoms with E-state index in [9.17, 15) is 13.2 Å². The minimum absolute atomic E-state index is 0.0482. The molecule has 1 heterocycles. The van der Waals surface area contributed by atoms with Crippen LogP contribution in [0.3, 0.4) is 0 Å². The van der Waals surface area contributed by atoms with Gasteiger partial charge in [0, 0.05) is 4.88 Å². The highest BCUT2D eigenvalue weighted by Gasteiger charge is 2.30. The molecule has 0 aliphatic heterocycles. The van der Waals surface area contributed by atoms with Crippen LogP contribution < -0.4 is 15.0 Å². The molecule has 0 saturated heterocycles. The van der Waals surface area contributed by atoms with Gasteiger partial charge in [0.15, 0.2) is 0 Å². The van der Waals surface area contributed by atoms with E-state index in [2.05, 4.69) is 31.0 Å². The lowest BCUT2D eigenvalue weighted by Gasteiger charge is -2.33. The number of hydrogen-bond donors (Lipinski definition) is 2. The van der Waals surface area contributed by atoms with Crippen LogP contribution in [0.25, 0.3) is 0 Å². The molecule has 1 aliphatic carbocycles. The van der Waals surface area contributed by atoms with Crippen molar-refractivity contribution < 1.29 is 17.9 Å². The summed E-state index contributed by atoms with van der Waals surface area (Å²) in [5, 5.41) is 0. The van der Waals surface area contributed by atoms with Crippen LogP contribution in [0.5, 0.6) is 5.75 Å². The Morgan fingerprint density at radius 1 is 1.21 bits per heavy atom. The number of nitrogens with one attached hydrogen (secondary N) is 2. The van der Waals surface area contributed by atoms with Crippen LogP contribution >= 0.6 is 11.3 Å². The first-order valence-electron chi connectivity index (χ1n) is 9.18. The van der Waals surface area contributed by atoms with Crippen molar-refractivity contribution in [3.05, 3.63) is 45.6 Å². The largest absolute Gasteiger partial charge is 0.497 e. The molecule has 28 heavy (non-hydrogen) atoms. The van der Waals surface area contributed by atoms with Crippen molar-refractivity contribution in [1.29, 1.82) is 0 Å². The number of benzene rings is 1. The summed E-state index contributed by atoms with van der Waals surface area (Å²) in [6.45, 7) is 6.74. The normalized spacial score (nSPS) is 17.1. The number of sulfonamides is 1. The summed E-state index contributed by atoms with van der Waals surface area (Å²) in [5.41, 5.74) is 3.76. The molecule has 8 heteroatoms. The predicted octanol–water partition coefficient (Wildman–Crippen LogP) is 3.53. The Balaban J connectivity index is 1.66. The highest BCUT2D eigenvalue weighted by atomic mass is 32.2. The first kappa shape index (κ1) is 20.8. The summed E-state index contributed by atoms with van der Waals surface area (Å²) in [6, 6.07) is 7.84. The van der Waals surface area contributed by atoms with Crippen molar-refractivity contribution in [2.24, 2.45) is 11.3 Å². The minimum atomic E-state index is -3.85. The Kier molecular flexibility index (Phi) is 5.84. The third kappa shape index (κ3) is 4.56. The Bertz CT molecular complexity index is 957. The molecule has 2 N–H and O–H groups in total. The topological polar surface area (TPSA) is 84.5 Å². The van der Waals surface area contributed by atoms with Crippen molar-refractivity contribution in [2.45, 2.75) is 44.9 Å². The van der Waals surface area contributed by atoms with E-state index in [0.29, 0.717) is 16.5 Å². The smallest absolute Gasteiger partial charge is 0.276 e. The molecule has 3 rings (SSSR count). The van der Waals surface area contributed by atoms with Crippen LogP contribution in [0.15, 0.2) is 35.2 Å². The number of ether oxygens (including phenoxy) is 1. The Labute approximate surface area is 170 Å². The van der Waals surface area contributed by atoms with Gasteiger partial charge in [0.1, 0.15) is 5.75 Å². The Morgan fingerprint density at radius 3 is 2.50 bits per heavy atom. The zero-order valence-electron chi connectivity index (χ0n) is 16.5. The van der Waals surface area contributed by atoms with Gasteiger partial charge in [0.05, 0.1) is 16.9 Å². The van der Waals surface area contributed by atoms with Gasteiger partial charge in [-0.15, -0.1) is 16.2 Å². The molecule has 1 aromatic heterocycles. The Morgan fingerprint density at radius 2 is 1.89 bits per heavy atom. The number of rotatable bonds is 5. The second kappa shape index (κ2) is 7.85. The Hall–Kier alpha value is -1.90. The van der Waals surface area contributed by atoms with Gasteiger partial charge in [-0.25, -0.2) is 8.42 Å². The monoisotopic (exact) mass is 422 g/mol. The SMILES string of the molecule is COc1ccc(S(=O)(=O)NNC(=O)c2cc3c(s2)CC[C@@H](C(C)(C)C)C3)cc1. The number of methoxy groups -OCH3 is 1. The van der Waals surface area contributed by atoms with Crippen LogP contribution in [0.2, 0.25) is 0 Å². The van der Waals surface area contributed by atoms with Gasteiger partial charge in [-0.2, -0.15) is 0 Å². The second-order valence-corrected chi connectivity index (χ2v) is 10.9. The van der Waals surface area contributed by atoms with Crippen LogP contribution in [0.1, 0.15) is 47.3 Å². The van der Waals surface area contributed by atoms with Gasteiger partial charge in [-0.3, -0.25) is 10.2 Å². The molecular formula is C20H26N2O4S2. The summed E-state index contributed by atoms with van der Waals surface area (Å²) >= 11 is 1.44. The zero-order valence-corrected chi connectivity index (χ0v) is 18.2. The molecule has 0 saturated carbocycles. The maximum absolute atomic E-state index is 12.5. The number of carbonyl (C=O) groups is 1. The molecule has 0 fully saturated rings. The summed E-state index contributed by atoms with van der Waals surface area (Å²) in [5.74, 6) is 0.698. The summed E-state index contributed by atoms with van der Waals surface area (Å²) < 4.78 is 29.7. The molecule has 1 amide bonds. The number of hydrazine groups is 1. The van der Waals surface area contributed by atoms with Gasteiger partial charge < -0.3 is 4.74 Å². The summed E-state index contributed by atoms with van der Waals surface area (Å²) in [6.07, 6.45) is 3.04. The van der Waals surface area contributed by atoms with Crippen molar-refractivity contribution >= 4 is 27.3 Å². The van der Waals surface area contributed by atoms with E-state index in [-0.39, 0.29) is 10.3 Å². The zero-order chi connectivity index (χ0) is 20.5. The van der Waals surface area contributed by atoms with Gasteiger partial charge in [-0.05, 0) is 66.5 Å². The van der Waals surface area contributed by atoms with Crippen molar-refractivity contribution in [2.75, 3.05) is 7.11 Å².